The fourth-order valence-corrected chi connectivity index (χ4v) is 4.81. The lowest BCUT2D eigenvalue weighted by Gasteiger charge is -2.34. The lowest BCUT2D eigenvalue weighted by Crippen LogP contribution is -2.50. The Labute approximate surface area is 206 Å². The van der Waals surface area contributed by atoms with Crippen LogP contribution in [0.1, 0.15) is 74.4 Å². The molecule has 1 aliphatic heterocycles. The number of benzene rings is 1. The van der Waals surface area contributed by atoms with Crippen molar-refractivity contribution in [1.82, 2.24) is 25.2 Å². The van der Waals surface area contributed by atoms with Crippen LogP contribution in [0.15, 0.2) is 24.4 Å². The molecule has 2 aromatic rings. The molecule has 9 nitrogen and oxygen atoms in total. The molecule has 1 aliphatic carbocycles. The van der Waals surface area contributed by atoms with E-state index in [9.17, 15) is 14.7 Å². The number of amides is 2. The molecule has 2 heterocycles. The topological polar surface area (TPSA) is 124 Å². The summed E-state index contributed by atoms with van der Waals surface area (Å²) >= 11 is 0. The summed E-state index contributed by atoms with van der Waals surface area (Å²) < 4.78 is 1.63. The Kier molecular flexibility index (Phi) is 6.95. The Bertz CT molecular complexity index is 1140. The molecule has 2 aliphatic rings. The van der Waals surface area contributed by atoms with E-state index in [2.05, 4.69) is 21.7 Å². The van der Waals surface area contributed by atoms with Gasteiger partial charge in [0.1, 0.15) is 12.1 Å². The second-order valence-corrected chi connectivity index (χ2v) is 10.9. The van der Waals surface area contributed by atoms with E-state index in [0.29, 0.717) is 24.4 Å². The molecule has 0 unspecified atom stereocenters. The summed E-state index contributed by atoms with van der Waals surface area (Å²) in [6.07, 6.45) is 4.10. The van der Waals surface area contributed by atoms with Crippen LogP contribution in [0.2, 0.25) is 0 Å². The molecule has 2 fully saturated rings. The highest BCUT2D eigenvalue weighted by Crippen LogP contribution is 2.40. The number of nitrogens with one attached hydrogen (secondary N) is 1. The number of hydrogen-bond acceptors (Lipinski definition) is 6. The molecule has 3 atom stereocenters. The van der Waals surface area contributed by atoms with E-state index in [0.717, 1.165) is 29.7 Å². The number of aromatic nitrogens is 3. The third-order valence-corrected chi connectivity index (χ3v) is 6.87. The third kappa shape index (κ3) is 5.54. The average Bonchev–Trinajstić information content (AvgIpc) is 3.41. The molecule has 4 rings (SSSR count). The van der Waals surface area contributed by atoms with Crippen molar-refractivity contribution in [2.75, 3.05) is 13.1 Å². The van der Waals surface area contributed by atoms with Crippen molar-refractivity contribution < 1.29 is 14.7 Å². The van der Waals surface area contributed by atoms with Gasteiger partial charge in [-0.15, -0.1) is 5.10 Å². The van der Waals surface area contributed by atoms with Crippen molar-refractivity contribution in [3.05, 3.63) is 46.8 Å². The third-order valence-electron chi connectivity index (χ3n) is 6.87. The Morgan fingerprint density at radius 2 is 2.06 bits per heavy atom. The minimum atomic E-state index is -0.756. The van der Waals surface area contributed by atoms with Crippen molar-refractivity contribution in [3.63, 3.8) is 0 Å². The minimum absolute atomic E-state index is 0.114. The summed E-state index contributed by atoms with van der Waals surface area (Å²) in [5.74, 6) is -0.0816. The number of β-amino-alcohol motifs (C(OH)–C–C–N with tert-alkyl or cyclic N) is 1. The first-order valence-corrected chi connectivity index (χ1v) is 12.3. The van der Waals surface area contributed by atoms with Crippen LogP contribution in [0.25, 0.3) is 0 Å². The maximum absolute atomic E-state index is 13.8. The zero-order valence-electron chi connectivity index (χ0n) is 20.9. The second-order valence-electron chi connectivity index (χ2n) is 10.9. The van der Waals surface area contributed by atoms with Gasteiger partial charge in [0, 0.05) is 31.6 Å². The summed E-state index contributed by atoms with van der Waals surface area (Å²) in [7, 11) is 0. The van der Waals surface area contributed by atoms with E-state index < -0.39 is 23.6 Å². The molecule has 9 heteroatoms. The first-order chi connectivity index (χ1) is 16.6. The number of aryl methyl sites for hydroxylation is 1. The van der Waals surface area contributed by atoms with Crippen LogP contribution in [0.3, 0.4) is 0 Å². The lowest BCUT2D eigenvalue weighted by molar-refractivity contribution is -0.144. The van der Waals surface area contributed by atoms with Crippen LogP contribution in [-0.2, 0) is 16.0 Å². The van der Waals surface area contributed by atoms with Crippen molar-refractivity contribution in [1.29, 1.82) is 5.26 Å². The normalized spacial score (nSPS) is 21.0. The summed E-state index contributed by atoms with van der Waals surface area (Å²) in [5.41, 5.74) is 3.09. The number of carbonyl (C=O) groups is 2. The van der Waals surface area contributed by atoms with E-state index in [4.69, 9.17) is 5.26 Å². The number of hydrogen-bond donors (Lipinski definition) is 2. The largest absolute Gasteiger partial charge is 0.391 e. The van der Waals surface area contributed by atoms with Gasteiger partial charge in [0.2, 0.25) is 11.8 Å². The lowest BCUT2D eigenvalue weighted by atomic mass is 9.85. The van der Waals surface area contributed by atoms with Gasteiger partial charge in [0.25, 0.3) is 0 Å². The van der Waals surface area contributed by atoms with E-state index in [-0.39, 0.29) is 24.8 Å². The zero-order valence-corrected chi connectivity index (χ0v) is 20.9. The van der Waals surface area contributed by atoms with Gasteiger partial charge in [0.15, 0.2) is 0 Å². The van der Waals surface area contributed by atoms with Gasteiger partial charge < -0.3 is 15.3 Å². The van der Waals surface area contributed by atoms with Gasteiger partial charge in [-0.1, -0.05) is 32.1 Å². The molecule has 1 saturated heterocycles. The maximum Gasteiger partial charge on any atom is 0.248 e. The highest BCUT2D eigenvalue weighted by Gasteiger charge is 2.45. The van der Waals surface area contributed by atoms with Gasteiger partial charge in [-0.25, -0.2) is 4.68 Å². The predicted molar refractivity (Wildman–Crippen MR) is 129 cm³/mol. The number of nitrogens with zero attached hydrogens (tertiary/aromatic N) is 5. The van der Waals surface area contributed by atoms with Crippen molar-refractivity contribution in [2.45, 2.75) is 77.5 Å². The average molecular weight is 479 g/mol. The fourth-order valence-electron chi connectivity index (χ4n) is 4.81. The number of carbonyl (C=O) groups excluding carboxylic acids is 2. The summed E-state index contributed by atoms with van der Waals surface area (Å²) in [6, 6.07) is 6.25. The first-order valence-electron chi connectivity index (χ1n) is 12.3. The van der Waals surface area contributed by atoms with Gasteiger partial charge >= 0.3 is 0 Å². The van der Waals surface area contributed by atoms with E-state index in [1.165, 1.54) is 4.90 Å². The molecule has 1 aromatic heterocycles. The van der Waals surface area contributed by atoms with Crippen LogP contribution in [0.5, 0.6) is 0 Å². The molecule has 0 bridgehead atoms. The number of aliphatic hydroxyl groups is 1. The number of likely N-dealkylation sites (tertiary alicyclic amines) is 1. The molecule has 2 amide bonds. The highest BCUT2D eigenvalue weighted by molar-refractivity contribution is 5.90. The quantitative estimate of drug-likeness (QED) is 0.629. The summed E-state index contributed by atoms with van der Waals surface area (Å²) in [5, 5.41) is 30.9. The molecule has 0 spiro atoms. The van der Waals surface area contributed by atoms with Crippen LogP contribution < -0.4 is 5.32 Å². The molecular formula is C26H34N6O3. The standard InChI is InChI=1S/C26H34N6O3/c1-16-11-17(13-27)5-6-18(16)9-10-28-24(34)22-12-20(33)14-31(22)25(35)23(26(2,3)4)32-15-21(29-30-32)19-7-8-19/h5-6,11,15,19-20,22-23,33H,7-10,12,14H2,1-4H3,(H,28,34)/t20-,22+,23-/m1/s1. The molecule has 1 aromatic carbocycles. The highest BCUT2D eigenvalue weighted by atomic mass is 16.3. The van der Waals surface area contributed by atoms with Crippen LogP contribution in [0, 0.1) is 23.7 Å². The Morgan fingerprint density at radius 3 is 2.69 bits per heavy atom. The van der Waals surface area contributed by atoms with Crippen LogP contribution in [0.4, 0.5) is 0 Å². The fraction of sp³-hybridized carbons (Fsp3) is 0.577. The molecule has 0 radical (unpaired) electrons. The van der Waals surface area contributed by atoms with Gasteiger partial charge in [-0.2, -0.15) is 5.26 Å². The van der Waals surface area contributed by atoms with Crippen LogP contribution in [-0.4, -0.2) is 62.0 Å². The van der Waals surface area contributed by atoms with Crippen molar-refractivity contribution in [2.24, 2.45) is 5.41 Å². The van der Waals surface area contributed by atoms with E-state index >= 15 is 0 Å². The summed E-state index contributed by atoms with van der Waals surface area (Å²) in [6.45, 7) is 8.36. The Balaban J connectivity index is 1.45. The number of nitriles is 1. The number of rotatable bonds is 7. The van der Waals surface area contributed by atoms with Gasteiger partial charge in [-0.3, -0.25) is 9.59 Å². The number of aliphatic hydroxyl groups excluding tert-OH is 1. The van der Waals surface area contributed by atoms with Gasteiger partial charge in [0.05, 0.1) is 23.4 Å². The predicted octanol–water partition coefficient (Wildman–Crippen LogP) is 2.24. The maximum atomic E-state index is 13.8. The summed E-state index contributed by atoms with van der Waals surface area (Å²) in [4.78, 5) is 28.4. The minimum Gasteiger partial charge on any atom is -0.391 e. The molecule has 35 heavy (non-hydrogen) atoms. The van der Waals surface area contributed by atoms with Gasteiger partial charge in [-0.05, 0) is 54.9 Å². The van der Waals surface area contributed by atoms with E-state index in [1.807, 2.05) is 46.0 Å². The van der Waals surface area contributed by atoms with E-state index in [1.54, 1.807) is 10.7 Å². The molecular weight excluding hydrogens is 444 g/mol. The smallest absolute Gasteiger partial charge is 0.248 e. The SMILES string of the molecule is Cc1cc(C#N)ccc1CCNC(=O)[C@@H]1C[C@@H](O)CN1C(=O)[C@@H](n1cc(C2CC2)nn1)C(C)(C)C. The monoisotopic (exact) mass is 478 g/mol. The molecule has 2 N–H and O–H groups in total. The van der Waals surface area contributed by atoms with Crippen molar-refractivity contribution in [3.8, 4) is 6.07 Å². The Morgan fingerprint density at radius 1 is 1.31 bits per heavy atom. The second kappa shape index (κ2) is 9.78. The zero-order chi connectivity index (χ0) is 25.3. The van der Waals surface area contributed by atoms with Crippen LogP contribution >= 0.6 is 0 Å². The Hall–Kier alpha value is -3.25. The van der Waals surface area contributed by atoms with Crippen molar-refractivity contribution >= 4 is 11.8 Å². The molecule has 186 valence electrons. The first kappa shape index (κ1) is 24.9. The molecule has 1 saturated carbocycles.